The highest BCUT2D eigenvalue weighted by Crippen LogP contribution is 2.48. The molecule has 4 saturated heterocycles. The molecule has 0 radical (unpaired) electrons. The number of allylic oxidation sites excluding steroid dienone is 2. The molecule has 0 unspecified atom stereocenters. The van der Waals surface area contributed by atoms with Gasteiger partial charge in [-0.3, -0.25) is 4.79 Å². The smallest absolute Gasteiger partial charge is 0.316 e. The number of ether oxygens (including phenoxy) is 7. The van der Waals surface area contributed by atoms with Crippen molar-refractivity contribution in [2.75, 3.05) is 13.7 Å². The largest absolute Gasteiger partial charge is 0.462 e. The summed E-state index contributed by atoms with van der Waals surface area (Å²) in [6.45, 7) is 10.0. The molecule has 7 rings (SSSR count). The lowest BCUT2D eigenvalue weighted by Gasteiger charge is -2.51. The van der Waals surface area contributed by atoms with E-state index in [1.807, 2.05) is 19.1 Å². The number of aliphatic hydroxyl groups excluding tert-OH is 1. The van der Waals surface area contributed by atoms with Gasteiger partial charge in [0, 0.05) is 38.7 Å². The lowest BCUT2D eigenvalue weighted by molar-refractivity contribution is -0.342. The van der Waals surface area contributed by atoms with Crippen LogP contribution in [0.2, 0.25) is 0 Å². The second kappa shape index (κ2) is 16.8. The van der Waals surface area contributed by atoms with Crippen LogP contribution in [0.1, 0.15) is 105 Å². The summed E-state index contributed by atoms with van der Waals surface area (Å²) in [7, 11) is 1.59. The van der Waals surface area contributed by atoms with Gasteiger partial charge in [-0.05, 0) is 75.0 Å². The van der Waals surface area contributed by atoms with Gasteiger partial charge >= 0.3 is 5.97 Å². The van der Waals surface area contributed by atoms with Crippen LogP contribution in [0.4, 0.5) is 0 Å². The number of esters is 1. The van der Waals surface area contributed by atoms with Gasteiger partial charge in [0.05, 0.1) is 37.1 Å². The zero-order valence-corrected chi connectivity index (χ0v) is 33.4. The van der Waals surface area contributed by atoms with Crippen LogP contribution >= 0.6 is 0 Å². The van der Waals surface area contributed by atoms with Gasteiger partial charge in [-0.25, -0.2) is 0 Å². The zero-order valence-electron chi connectivity index (χ0n) is 33.4. The monoisotopic (exact) mass is 769 g/mol. The number of oxime groups is 1. The second-order valence-electron chi connectivity index (χ2n) is 17.4. The van der Waals surface area contributed by atoms with Crippen LogP contribution in [-0.2, 0) is 38.0 Å². The molecule has 2 bridgehead atoms. The first-order chi connectivity index (χ1) is 26.4. The molecule has 0 aromatic carbocycles. The average Bonchev–Trinajstić information content (AvgIpc) is 3.50. The molecule has 7 aliphatic rings. The van der Waals surface area contributed by atoms with E-state index in [4.69, 9.17) is 33.2 Å². The lowest BCUT2D eigenvalue weighted by atomic mass is 9.71. The molecule has 1 saturated carbocycles. The maximum atomic E-state index is 14.4. The Kier molecular flexibility index (Phi) is 12.5. The standard InChI is InChI=1S/C43H63NO11/c1-24-11-10-14-30-23-50-40-36(44-48)27(4)19-33(43(30,40)47)41(46)52-32-20-31(16-15-25(2)38(24)53-35-21-34(49-6)37(45)28(5)51-35)54-42(22-32)18-17-26(3)39(55-42)29-12-8-7-9-13-29/h10-11,14-15,19,24,26,28-29,31-35,37-40,45,47-48H,7-9,12-13,16-18,20-23H2,1-6H3/b11-10+,25-15+,30-14+,44-36+/t24-,26-,28-,31+,32-,33-,34-,35-,37+,38-,39-,40+,42+,43+/m0/s1. The number of rotatable bonds is 4. The minimum atomic E-state index is -1.83. The van der Waals surface area contributed by atoms with Gasteiger partial charge in [0.25, 0.3) is 0 Å². The minimum Gasteiger partial charge on any atom is -0.462 e. The van der Waals surface area contributed by atoms with Gasteiger partial charge < -0.3 is 48.6 Å². The van der Waals surface area contributed by atoms with Crippen LogP contribution in [0.3, 0.4) is 0 Å². The normalized spacial score (nSPS) is 47.9. The van der Waals surface area contributed by atoms with Crippen molar-refractivity contribution in [2.45, 2.75) is 172 Å². The van der Waals surface area contributed by atoms with Crippen LogP contribution in [-0.4, -0.2) is 107 Å². The first-order valence-corrected chi connectivity index (χ1v) is 20.7. The van der Waals surface area contributed by atoms with E-state index in [1.54, 1.807) is 26.2 Å². The first kappa shape index (κ1) is 40.8. The van der Waals surface area contributed by atoms with E-state index in [0.717, 1.165) is 24.8 Å². The molecule has 2 aliphatic carbocycles. The highest BCUT2D eigenvalue weighted by atomic mass is 16.7. The maximum Gasteiger partial charge on any atom is 0.316 e. The second-order valence-corrected chi connectivity index (χ2v) is 17.4. The van der Waals surface area contributed by atoms with Crippen molar-refractivity contribution in [3.8, 4) is 0 Å². The third-order valence-corrected chi connectivity index (χ3v) is 13.6. The van der Waals surface area contributed by atoms with Gasteiger partial charge in [-0.1, -0.05) is 68.6 Å². The summed E-state index contributed by atoms with van der Waals surface area (Å²) in [4.78, 5) is 14.4. The first-order valence-electron chi connectivity index (χ1n) is 20.7. The number of carbonyl (C=O) groups excluding carboxylic acids is 1. The Morgan fingerprint density at radius 2 is 1.80 bits per heavy atom. The predicted octanol–water partition coefficient (Wildman–Crippen LogP) is 6.07. The van der Waals surface area contributed by atoms with Crippen LogP contribution in [0.25, 0.3) is 0 Å². The number of hydrogen-bond acceptors (Lipinski definition) is 12. The van der Waals surface area contributed by atoms with E-state index in [2.05, 4.69) is 32.0 Å². The summed E-state index contributed by atoms with van der Waals surface area (Å²) in [6, 6.07) is 0. The fourth-order valence-corrected chi connectivity index (χ4v) is 10.4. The van der Waals surface area contributed by atoms with E-state index < -0.39 is 66.2 Å². The molecule has 0 amide bonds. The Morgan fingerprint density at radius 1 is 1.02 bits per heavy atom. The van der Waals surface area contributed by atoms with Crippen molar-refractivity contribution in [1.29, 1.82) is 0 Å². The Bertz CT molecular complexity index is 1550. The molecule has 14 atom stereocenters. The van der Waals surface area contributed by atoms with Crippen molar-refractivity contribution in [3.05, 3.63) is 47.1 Å². The van der Waals surface area contributed by atoms with Crippen LogP contribution in [0, 0.1) is 23.7 Å². The fraction of sp³-hybridized carbons (Fsp3) is 0.767. The Labute approximate surface area is 325 Å². The van der Waals surface area contributed by atoms with Crippen molar-refractivity contribution in [3.63, 3.8) is 0 Å². The molecule has 0 aromatic rings. The Morgan fingerprint density at radius 3 is 2.55 bits per heavy atom. The van der Waals surface area contributed by atoms with Gasteiger partial charge in [0.2, 0.25) is 0 Å². The molecule has 306 valence electrons. The number of methoxy groups -OCH3 is 1. The number of nitrogens with zero attached hydrogens (tertiary/aromatic N) is 1. The molecular formula is C43H63NO11. The third-order valence-electron chi connectivity index (χ3n) is 13.6. The maximum absolute atomic E-state index is 14.4. The van der Waals surface area contributed by atoms with Crippen LogP contribution in [0.15, 0.2) is 52.3 Å². The molecule has 0 aromatic heterocycles. The number of fused-ring (bicyclic) bond motifs is 2. The van der Waals surface area contributed by atoms with Crippen molar-refractivity contribution < 1.29 is 53.4 Å². The third kappa shape index (κ3) is 8.17. The SMILES string of the molecule is CO[C@H]1C[C@H](O[C@@H]2/C(C)=C/C[C@@H]3C[C@@H](C[C@]4(CC[C@H](C)[C@@H](C5CCCCC5)O4)O3)OC(=O)[C@@H]3C=C(C)/C(=N\O)[C@H]4OC/C(=C\C=C\[C@@H]2C)[C@]43O)O[C@@H](C)[C@H]1O. The molecule has 5 fully saturated rings. The van der Waals surface area contributed by atoms with Gasteiger partial charge in [-0.2, -0.15) is 0 Å². The van der Waals surface area contributed by atoms with Crippen molar-refractivity contribution in [2.24, 2.45) is 28.8 Å². The molecule has 5 aliphatic heterocycles. The van der Waals surface area contributed by atoms with E-state index >= 15 is 0 Å². The summed E-state index contributed by atoms with van der Waals surface area (Å²) < 4.78 is 45.1. The number of carbonyl (C=O) groups is 1. The molecule has 55 heavy (non-hydrogen) atoms. The molecular weight excluding hydrogens is 706 g/mol. The van der Waals surface area contributed by atoms with E-state index in [1.165, 1.54) is 19.3 Å². The number of hydrogen-bond donors (Lipinski definition) is 3. The van der Waals surface area contributed by atoms with Gasteiger partial charge in [-0.15, -0.1) is 0 Å². The predicted molar refractivity (Wildman–Crippen MR) is 203 cm³/mol. The zero-order chi connectivity index (χ0) is 39.1. The summed E-state index contributed by atoms with van der Waals surface area (Å²) >= 11 is 0. The lowest BCUT2D eigenvalue weighted by Crippen LogP contribution is -2.57. The molecule has 3 N–H and O–H groups in total. The highest BCUT2D eigenvalue weighted by Gasteiger charge is 2.60. The average molecular weight is 770 g/mol. The van der Waals surface area contributed by atoms with E-state index in [9.17, 15) is 20.2 Å². The molecule has 5 heterocycles. The number of aliphatic hydroxyl groups is 2. The topological polar surface area (TPSA) is 155 Å². The quantitative estimate of drug-likeness (QED) is 0.132. The van der Waals surface area contributed by atoms with E-state index in [0.29, 0.717) is 55.1 Å². The Hall–Kier alpha value is -2.42. The highest BCUT2D eigenvalue weighted by molar-refractivity contribution is 6.06. The summed E-state index contributed by atoms with van der Waals surface area (Å²) in [5, 5.41) is 36.7. The van der Waals surface area contributed by atoms with Crippen LogP contribution < -0.4 is 0 Å². The van der Waals surface area contributed by atoms with Gasteiger partial charge in [0.1, 0.15) is 35.5 Å². The fourth-order valence-electron chi connectivity index (χ4n) is 10.4. The summed E-state index contributed by atoms with van der Waals surface area (Å²) in [5.41, 5.74) is 0.362. The summed E-state index contributed by atoms with van der Waals surface area (Å²) in [6.07, 6.45) is 14.4. The minimum absolute atomic E-state index is 0.0359. The summed E-state index contributed by atoms with van der Waals surface area (Å²) in [5.74, 6) is -1.83. The molecule has 12 heteroatoms. The molecule has 1 spiro atoms. The van der Waals surface area contributed by atoms with Crippen molar-refractivity contribution >= 4 is 11.7 Å². The molecule has 12 nitrogen and oxygen atoms in total. The van der Waals surface area contributed by atoms with Crippen LogP contribution in [0.5, 0.6) is 0 Å². The van der Waals surface area contributed by atoms with Crippen molar-refractivity contribution in [1.82, 2.24) is 0 Å². The van der Waals surface area contributed by atoms with Gasteiger partial charge in [0.15, 0.2) is 12.1 Å². The Balaban J connectivity index is 1.25. The van der Waals surface area contributed by atoms with E-state index in [-0.39, 0.29) is 30.4 Å².